The van der Waals surface area contributed by atoms with Gasteiger partial charge in [-0.3, -0.25) is 4.79 Å². The van der Waals surface area contributed by atoms with Gasteiger partial charge in [0.25, 0.3) is 0 Å². The van der Waals surface area contributed by atoms with Gasteiger partial charge in [0.1, 0.15) is 0 Å². The van der Waals surface area contributed by atoms with Gasteiger partial charge in [0.15, 0.2) is 0 Å². The zero-order valence-electron chi connectivity index (χ0n) is 8.48. The van der Waals surface area contributed by atoms with Gasteiger partial charge in [-0.15, -0.1) is 0 Å². The molecule has 0 bridgehead atoms. The highest BCUT2D eigenvalue weighted by molar-refractivity contribution is 9.10. The molecule has 0 aromatic heterocycles. The maximum Gasteiger partial charge on any atom is 0.306 e. The summed E-state index contributed by atoms with van der Waals surface area (Å²) < 4.78 is 0.926. The number of carbonyl (C=O) groups is 1. The number of halogens is 1. The molecule has 0 amide bonds. The minimum absolute atomic E-state index is 0.244. The minimum atomic E-state index is -0.808. The number of rotatable bonds is 4. The van der Waals surface area contributed by atoms with Gasteiger partial charge >= 0.3 is 5.97 Å². The zero-order chi connectivity index (χ0) is 11.4. The Hall–Kier alpha value is -0.870. The average molecular weight is 272 g/mol. The van der Waals surface area contributed by atoms with Crippen LogP contribution in [0.2, 0.25) is 0 Å². The molecule has 3 N–H and O–H groups in total. The molecule has 15 heavy (non-hydrogen) atoms. The minimum Gasteiger partial charge on any atom is -0.481 e. The highest BCUT2D eigenvalue weighted by Gasteiger charge is 2.17. The maximum atomic E-state index is 10.7. The van der Waals surface area contributed by atoms with Gasteiger partial charge in [-0.25, -0.2) is 0 Å². The molecule has 0 aliphatic carbocycles. The molecule has 0 saturated heterocycles. The lowest BCUT2D eigenvalue weighted by Crippen LogP contribution is -2.19. The largest absolute Gasteiger partial charge is 0.481 e. The molecular weight excluding hydrogens is 258 g/mol. The van der Waals surface area contributed by atoms with Crippen molar-refractivity contribution in [2.24, 2.45) is 11.7 Å². The van der Waals surface area contributed by atoms with Gasteiger partial charge in [0.2, 0.25) is 0 Å². The van der Waals surface area contributed by atoms with E-state index < -0.39 is 11.9 Å². The van der Waals surface area contributed by atoms with Crippen LogP contribution in [-0.4, -0.2) is 11.1 Å². The topological polar surface area (TPSA) is 63.3 Å². The van der Waals surface area contributed by atoms with Crippen LogP contribution in [0.3, 0.4) is 0 Å². The Balaban J connectivity index is 2.73. The number of carboxylic acids is 1. The first-order valence-electron chi connectivity index (χ1n) is 4.75. The number of aliphatic carboxylic acids is 1. The lowest BCUT2D eigenvalue weighted by atomic mass is 9.97. The summed E-state index contributed by atoms with van der Waals surface area (Å²) in [6, 6.07) is 7.36. The molecule has 0 saturated carbocycles. The van der Waals surface area contributed by atoms with Gasteiger partial charge in [0, 0.05) is 10.5 Å². The van der Waals surface area contributed by atoms with Crippen molar-refractivity contribution in [3.63, 3.8) is 0 Å². The predicted molar refractivity (Wildman–Crippen MR) is 62.5 cm³/mol. The molecule has 0 aliphatic heterocycles. The van der Waals surface area contributed by atoms with E-state index in [1.165, 1.54) is 0 Å². The molecular formula is C11H14BrNO2. The molecule has 0 aliphatic rings. The Kier molecular flexibility index (Phi) is 4.29. The lowest BCUT2D eigenvalue weighted by Gasteiger charge is -2.15. The van der Waals surface area contributed by atoms with Crippen molar-refractivity contribution in [2.75, 3.05) is 0 Å². The van der Waals surface area contributed by atoms with Crippen LogP contribution < -0.4 is 5.73 Å². The Bertz CT molecular complexity index is 354. The molecule has 0 heterocycles. The van der Waals surface area contributed by atoms with Crippen LogP contribution in [0.1, 0.15) is 24.9 Å². The van der Waals surface area contributed by atoms with Crippen molar-refractivity contribution in [3.8, 4) is 0 Å². The van der Waals surface area contributed by atoms with E-state index in [1.807, 2.05) is 24.3 Å². The van der Waals surface area contributed by atoms with Gasteiger partial charge in [-0.2, -0.15) is 0 Å². The first-order chi connectivity index (χ1) is 7.02. The molecule has 3 nitrogen and oxygen atoms in total. The number of carboxylic acid groups (broad SMARTS) is 1. The predicted octanol–water partition coefficient (Wildman–Crippen LogP) is 2.56. The Morgan fingerprint density at radius 2 is 2.13 bits per heavy atom. The maximum absolute atomic E-state index is 10.7. The highest BCUT2D eigenvalue weighted by atomic mass is 79.9. The third-order valence-corrected chi connectivity index (χ3v) is 3.06. The second-order valence-electron chi connectivity index (χ2n) is 3.60. The van der Waals surface area contributed by atoms with Crippen molar-refractivity contribution in [1.29, 1.82) is 0 Å². The smallest absolute Gasteiger partial charge is 0.306 e. The van der Waals surface area contributed by atoms with Crippen LogP contribution in [-0.2, 0) is 4.79 Å². The normalized spacial score (nSPS) is 14.6. The molecule has 4 heteroatoms. The van der Waals surface area contributed by atoms with Crippen molar-refractivity contribution < 1.29 is 9.90 Å². The van der Waals surface area contributed by atoms with E-state index >= 15 is 0 Å². The third-order valence-electron chi connectivity index (χ3n) is 2.33. The fourth-order valence-electron chi connectivity index (χ4n) is 1.38. The Morgan fingerprint density at radius 3 is 2.67 bits per heavy atom. The number of hydrogen-bond donors (Lipinski definition) is 2. The molecule has 1 aromatic rings. The van der Waals surface area contributed by atoms with E-state index in [2.05, 4.69) is 15.9 Å². The molecule has 2 unspecified atom stereocenters. The quantitative estimate of drug-likeness (QED) is 0.885. The van der Waals surface area contributed by atoms with Gasteiger partial charge in [0.05, 0.1) is 5.92 Å². The summed E-state index contributed by atoms with van der Waals surface area (Å²) in [4.78, 5) is 10.7. The van der Waals surface area contributed by atoms with E-state index in [0.717, 1.165) is 10.0 Å². The summed E-state index contributed by atoms with van der Waals surface area (Å²) in [5.41, 5.74) is 6.89. The fourth-order valence-corrected chi connectivity index (χ4v) is 1.96. The highest BCUT2D eigenvalue weighted by Crippen LogP contribution is 2.25. The van der Waals surface area contributed by atoms with Crippen LogP contribution in [0.5, 0.6) is 0 Å². The molecule has 0 fully saturated rings. The summed E-state index contributed by atoms with van der Waals surface area (Å²) in [7, 11) is 0. The van der Waals surface area contributed by atoms with Crippen LogP contribution in [0.4, 0.5) is 0 Å². The molecule has 0 spiro atoms. The second kappa shape index (κ2) is 5.28. The second-order valence-corrected chi connectivity index (χ2v) is 4.46. The summed E-state index contributed by atoms with van der Waals surface area (Å²) in [5.74, 6) is -1.23. The van der Waals surface area contributed by atoms with E-state index in [4.69, 9.17) is 10.8 Å². The Labute approximate surface area is 97.4 Å². The number of benzene rings is 1. The lowest BCUT2D eigenvalue weighted by molar-refractivity contribution is -0.141. The van der Waals surface area contributed by atoms with Crippen LogP contribution in [0, 0.1) is 5.92 Å². The summed E-state index contributed by atoms with van der Waals surface area (Å²) >= 11 is 3.40. The molecule has 1 aromatic carbocycles. The molecule has 82 valence electrons. The Morgan fingerprint density at radius 1 is 1.53 bits per heavy atom. The molecule has 0 radical (unpaired) electrons. The van der Waals surface area contributed by atoms with Crippen molar-refractivity contribution in [1.82, 2.24) is 0 Å². The van der Waals surface area contributed by atoms with Gasteiger partial charge < -0.3 is 10.8 Å². The third kappa shape index (κ3) is 3.32. The van der Waals surface area contributed by atoms with Crippen LogP contribution in [0.25, 0.3) is 0 Å². The summed E-state index contributed by atoms with van der Waals surface area (Å²) in [6.45, 7) is 1.67. The average Bonchev–Trinajstić information content (AvgIpc) is 2.18. The zero-order valence-corrected chi connectivity index (χ0v) is 10.1. The molecule has 1 rings (SSSR count). The monoisotopic (exact) mass is 271 g/mol. The first kappa shape index (κ1) is 12.2. The van der Waals surface area contributed by atoms with E-state index in [1.54, 1.807) is 6.92 Å². The first-order valence-corrected chi connectivity index (χ1v) is 5.54. The van der Waals surface area contributed by atoms with Crippen molar-refractivity contribution in [3.05, 3.63) is 34.3 Å². The summed E-state index contributed by atoms with van der Waals surface area (Å²) in [5, 5.41) is 8.78. The fraction of sp³-hybridized carbons (Fsp3) is 0.364. The standard InChI is InChI=1S/C11H14BrNO2/c1-7(11(14)15)6-10(13)8-4-2-3-5-9(8)12/h2-5,7,10H,6,13H2,1H3,(H,14,15). The summed E-state index contributed by atoms with van der Waals surface area (Å²) in [6.07, 6.45) is 0.442. The number of hydrogen-bond acceptors (Lipinski definition) is 2. The van der Waals surface area contributed by atoms with Crippen LogP contribution >= 0.6 is 15.9 Å². The van der Waals surface area contributed by atoms with Crippen molar-refractivity contribution >= 4 is 21.9 Å². The number of nitrogens with two attached hydrogens (primary N) is 1. The molecule has 2 atom stereocenters. The SMILES string of the molecule is CC(CC(N)c1ccccc1Br)C(=O)O. The van der Waals surface area contributed by atoms with Crippen molar-refractivity contribution in [2.45, 2.75) is 19.4 Å². The van der Waals surface area contributed by atoms with Gasteiger partial charge in [-0.05, 0) is 18.1 Å². The van der Waals surface area contributed by atoms with E-state index in [-0.39, 0.29) is 6.04 Å². The van der Waals surface area contributed by atoms with Gasteiger partial charge in [-0.1, -0.05) is 41.1 Å². The van der Waals surface area contributed by atoms with E-state index in [0.29, 0.717) is 6.42 Å². The van der Waals surface area contributed by atoms with Crippen LogP contribution in [0.15, 0.2) is 28.7 Å². The van der Waals surface area contributed by atoms with E-state index in [9.17, 15) is 4.79 Å².